The van der Waals surface area contributed by atoms with Gasteiger partial charge in [-0.15, -0.1) is 5.10 Å². The third-order valence-electron chi connectivity index (χ3n) is 2.32. The van der Waals surface area contributed by atoms with Crippen molar-refractivity contribution in [2.45, 2.75) is 6.92 Å². The van der Waals surface area contributed by atoms with Gasteiger partial charge in [-0.2, -0.15) is 5.10 Å². The molecule has 0 aliphatic carbocycles. The van der Waals surface area contributed by atoms with E-state index in [-0.39, 0.29) is 11.7 Å². The molecule has 92 valence electrons. The number of hydrogen-bond acceptors (Lipinski definition) is 4. The van der Waals surface area contributed by atoms with Crippen LogP contribution in [0.3, 0.4) is 0 Å². The number of nitrogens with two attached hydrogens (primary N) is 1. The van der Waals surface area contributed by atoms with Crippen molar-refractivity contribution in [2.75, 3.05) is 0 Å². The van der Waals surface area contributed by atoms with Crippen molar-refractivity contribution in [1.29, 1.82) is 5.41 Å². The molecular weight excluding hydrogens is 252 g/mol. The number of nitrogens with zero attached hydrogens (tertiary/aromatic N) is 2. The second-order valence-corrected chi connectivity index (χ2v) is 4.08. The second-order valence-electron chi connectivity index (χ2n) is 3.68. The SMILES string of the molecule is Cc1cc(Oc2nnccc2C(=N)N)ccc1Cl. The highest BCUT2D eigenvalue weighted by Gasteiger charge is 2.09. The minimum Gasteiger partial charge on any atom is -0.437 e. The number of aryl methyl sites for hydroxylation is 1. The van der Waals surface area contributed by atoms with Crippen molar-refractivity contribution in [1.82, 2.24) is 10.2 Å². The highest BCUT2D eigenvalue weighted by atomic mass is 35.5. The number of benzene rings is 1. The van der Waals surface area contributed by atoms with E-state index >= 15 is 0 Å². The fourth-order valence-corrected chi connectivity index (χ4v) is 1.51. The summed E-state index contributed by atoms with van der Waals surface area (Å²) in [6, 6.07) is 6.80. The molecule has 0 atom stereocenters. The van der Waals surface area contributed by atoms with E-state index in [4.69, 9.17) is 27.5 Å². The Kier molecular flexibility index (Phi) is 3.43. The van der Waals surface area contributed by atoms with Gasteiger partial charge in [0.15, 0.2) is 0 Å². The maximum atomic E-state index is 7.43. The number of hydrogen-bond donors (Lipinski definition) is 2. The second kappa shape index (κ2) is 5.01. The Hall–Kier alpha value is -2.14. The van der Waals surface area contributed by atoms with Crippen molar-refractivity contribution in [3.8, 4) is 11.6 Å². The summed E-state index contributed by atoms with van der Waals surface area (Å²) < 4.78 is 5.55. The molecule has 0 aliphatic rings. The predicted octanol–water partition coefficient (Wildman–Crippen LogP) is 2.51. The first-order valence-electron chi connectivity index (χ1n) is 5.18. The summed E-state index contributed by atoms with van der Waals surface area (Å²) in [5, 5.41) is 15.6. The largest absolute Gasteiger partial charge is 0.437 e. The minimum atomic E-state index is -0.120. The molecule has 1 heterocycles. The number of amidine groups is 1. The Balaban J connectivity index is 2.34. The third-order valence-corrected chi connectivity index (χ3v) is 2.75. The van der Waals surface area contributed by atoms with Crippen LogP contribution in [0, 0.1) is 12.3 Å². The van der Waals surface area contributed by atoms with E-state index < -0.39 is 0 Å². The van der Waals surface area contributed by atoms with Crippen LogP contribution < -0.4 is 10.5 Å². The Morgan fingerprint density at radius 3 is 2.83 bits per heavy atom. The highest BCUT2D eigenvalue weighted by Crippen LogP contribution is 2.26. The van der Waals surface area contributed by atoms with Crippen LogP contribution in [0.5, 0.6) is 11.6 Å². The zero-order chi connectivity index (χ0) is 13.1. The molecule has 0 aliphatic heterocycles. The summed E-state index contributed by atoms with van der Waals surface area (Å²) in [5.41, 5.74) is 6.73. The summed E-state index contributed by atoms with van der Waals surface area (Å²) in [7, 11) is 0. The van der Waals surface area contributed by atoms with Crippen LogP contribution in [0.1, 0.15) is 11.1 Å². The average Bonchev–Trinajstić information content (AvgIpc) is 2.34. The topological polar surface area (TPSA) is 84.9 Å². The van der Waals surface area contributed by atoms with E-state index in [1.165, 1.54) is 6.20 Å². The van der Waals surface area contributed by atoms with Crippen molar-refractivity contribution in [2.24, 2.45) is 5.73 Å². The van der Waals surface area contributed by atoms with Gasteiger partial charge in [0.05, 0.1) is 11.8 Å². The van der Waals surface area contributed by atoms with Gasteiger partial charge in [-0.1, -0.05) is 11.6 Å². The maximum absolute atomic E-state index is 7.43. The number of halogens is 1. The van der Waals surface area contributed by atoms with Crippen molar-refractivity contribution >= 4 is 17.4 Å². The van der Waals surface area contributed by atoms with Crippen LogP contribution >= 0.6 is 11.6 Å². The molecule has 5 nitrogen and oxygen atoms in total. The third kappa shape index (κ3) is 2.57. The Morgan fingerprint density at radius 2 is 2.17 bits per heavy atom. The maximum Gasteiger partial charge on any atom is 0.249 e. The van der Waals surface area contributed by atoms with Gasteiger partial charge in [0.2, 0.25) is 5.88 Å². The Bertz CT molecular complexity index is 600. The standard InChI is InChI=1S/C12H11ClN4O/c1-7-6-8(2-3-10(7)13)18-12-9(11(14)15)4-5-16-17-12/h2-6H,1H3,(H3,14,15). The summed E-state index contributed by atoms with van der Waals surface area (Å²) in [6.07, 6.45) is 1.46. The van der Waals surface area contributed by atoms with E-state index in [2.05, 4.69) is 10.2 Å². The van der Waals surface area contributed by atoms with Crippen molar-refractivity contribution in [3.63, 3.8) is 0 Å². The number of rotatable bonds is 3. The zero-order valence-electron chi connectivity index (χ0n) is 9.64. The summed E-state index contributed by atoms with van der Waals surface area (Å²) in [4.78, 5) is 0. The van der Waals surface area contributed by atoms with Crippen LogP contribution in [0.25, 0.3) is 0 Å². The van der Waals surface area contributed by atoms with E-state index in [0.29, 0.717) is 16.3 Å². The van der Waals surface area contributed by atoms with Gasteiger partial charge in [0.25, 0.3) is 0 Å². The lowest BCUT2D eigenvalue weighted by Gasteiger charge is -2.08. The molecule has 6 heteroatoms. The Labute approximate surface area is 109 Å². The van der Waals surface area contributed by atoms with Crippen LogP contribution in [-0.2, 0) is 0 Å². The summed E-state index contributed by atoms with van der Waals surface area (Å²) in [5.74, 6) is 0.650. The van der Waals surface area contributed by atoms with E-state index in [0.717, 1.165) is 5.56 Å². The first-order valence-corrected chi connectivity index (χ1v) is 5.56. The van der Waals surface area contributed by atoms with Gasteiger partial charge >= 0.3 is 0 Å². The molecule has 3 N–H and O–H groups in total. The van der Waals surface area contributed by atoms with Gasteiger partial charge in [0.1, 0.15) is 11.6 Å². The van der Waals surface area contributed by atoms with E-state index in [1.54, 1.807) is 24.3 Å². The molecule has 1 aromatic carbocycles. The summed E-state index contributed by atoms with van der Waals surface area (Å²) in [6.45, 7) is 1.87. The Morgan fingerprint density at radius 1 is 1.39 bits per heavy atom. The smallest absolute Gasteiger partial charge is 0.249 e. The molecule has 0 saturated heterocycles. The van der Waals surface area contributed by atoms with Crippen LogP contribution in [0.4, 0.5) is 0 Å². The quantitative estimate of drug-likeness (QED) is 0.657. The minimum absolute atomic E-state index is 0.120. The fraction of sp³-hybridized carbons (Fsp3) is 0.0833. The lowest BCUT2D eigenvalue weighted by atomic mass is 10.2. The summed E-state index contributed by atoms with van der Waals surface area (Å²) >= 11 is 5.93. The highest BCUT2D eigenvalue weighted by molar-refractivity contribution is 6.31. The molecule has 0 amide bonds. The first-order chi connectivity index (χ1) is 8.58. The molecule has 0 unspecified atom stereocenters. The number of ether oxygens (including phenoxy) is 1. The van der Waals surface area contributed by atoms with Crippen LogP contribution in [-0.4, -0.2) is 16.0 Å². The van der Waals surface area contributed by atoms with Gasteiger partial charge in [-0.05, 0) is 36.8 Å². The zero-order valence-corrected chi connectivity index (χ0v) is 10.4. The molecule has 0 bridgehead atoms. The van der Waals surface area contributed by atoms with Gasteiger partial charge in [0, 0.05) is 5.02 Å². The molecule has 0 radical (unpaired) electrons. The normalized spacial score (nSPS) is 10.1. The van der Waals surface area contributed by atoms with E-state index in [9.17, 15) is 0 Å². The molecule has 1 aromatic heterocycles. The molecule has 2 rings (SSSR count). The average molecular weight is 263 g/mol. The molecule has 0 fully saturated rings. The molecule has 0 saturated carbocycles. The van der Waals surface area contributed by atoms with Crippen molar-refractivity contribution in [3.05, 3.63) is 46.6 Å². The van der Waals surface area contributed by atoms with Crippen molar-refractivity contribution < 1.29 is 4.74 Å². The number of nitrogens with one attached hydrogen (secondary N) is 1. The lowest BCUT2D eigenvalue weighted by Crippen LogP contribution is -2.13. The predicted molar refractivity (Wildman–Crippen MR) is 69.3 cm³/mol. The lowest BCUT2D eigenvalue weighted by molar-refractivity contribution is 0.453. The molecule has 0 spiro atoms. The molecule has 18 heavy (non-hydrogen) atoms. The fourth-order valence-electron chi connectivity index (χ4n) is 1.39. The van der Waals surface area contributed by atoms with E-state index in [1.807, 2.05) is 6.92 Å². The monoisotopic (exact) mass is 262 g/mol. The van der Waals surface area contributed by atoms with Gasteiger partial charge < -0.3 is 10.5 Å². The first kappa shape index (κ1) is 12.3. The van der Waals surface area contributed by atoms with Crippen LogP contribution in [0.15, 0.2) is 30.5 Å². The molecular formula is C12H11ClN4O. The number of nitrogen functional groups attached to an aromatic ring is 1. The van der Waals surface area contributed by atoms with Gasteiger partial charge in [-0.3, -0.25) is 5.41 Å². The molecule has 2 aromatic rings. The van der Waals surface area contributed by atoms with Crippen LogP contribution in [0.2, 0.25) is 5.02 Å². The van der Waals surface area contributed by atoms with Gasteiger partial charge in [-0.25, -0.2) is 0 Å². The number of aromatic nitrogens is 2.